The minimum absolute atomic E-state index is 0.226. The molecule has 30 unspecified atom stereocenters. The van der Waals surface area contributed by atoms with Crippen molar-refractivity contribution in [3.05, 3.63) is 327 Å². The molecule has 0 saturated heterocycles. The highest BCUT2D eigenvalue weighted by atomic mass is 28.4. The van der Waals surface area contributed by atoms with E-state index in [1.54, 1.807) is 13.2 Å². The highest BCUT2D eigenvalue weighted by Gasteiger charge is 2.48. The second-order valence-corrected chi connectivity index (χ2v) is 64.9. The van der Waals surface area contributed by atoms with Crippen molar-refractivity contribution in [3.63, 3.8) is 0 Å². The Morgan fingerprint density at radius 2 is 0.603 bits per heavy atom. The Bertz CT molecular complexity index is 5360. The topological polar surface area (TPSA) is 86.6 Å². The second-order valence-electron chi connectivity index (χ2n) is 49.6. The van der Waals surface area contributed by atoms with E-state index in [4.69, 9.17) is 27.5 Å². The summed E-state index contributed by atoms with van der Waals surface area (Å²) in [6, 6.07) is 73.1. The summed E-state index contributed by atoms with van der Waals surface area (Å²) in [4.78, 5) is 0. The molecule has 146 heavy (non-hydrogen) atoms. The van der Waals surface area contributed by atoms with E-state index in [0.717, 1.165) is 205 Å². The molecule has 7 aromatic rings. The van der Waals surface area contributed by atoms with Crippen LogP contribution in [0.1, 0.15) is 195 Å². The Labute approximate surface area is 887 Å². The zero-order chi connectivity index (χ0) is 101. The van der Waals surface area contributed by atoms with Gasteiger partial charge in [-0.25, -0.2) is 0 Å². The molecule has 0 amide bonds. The minimum Gasteiger partial charge on any atom is -0.504 e. The molecule has 0 heterocycles. The molecular formula is C135H182O7Si4. The van der Waals surface area contributed by atoms with Gasteiger partial charge in [0.25, 0.3) is 16.6 Å². The maximum atomic E-state index is 9.56. The zero-order valence-electron chi connectivity index (χ0n) is 91.1. The number of rotatable bonds is 27. The molecule has 0 spiro atoms. The first-order valence-electron chi connectivity index (χ1n) is 58.7. The van der Waals surface area contributed by atoms with E-state index in [2.05, 4.69) is 378 Å². The maximum absolute atomic E-state index is 9.56. The van der Waals surface area contributed by atoms with Crippen molar-refractivity contribution < 1.29 is 32.7 Å². The molecule has 27 rings (SSSR count). The van der Waals surface area contributed by atoms with Crippen LogP contribution in [0.15, 0.2) is 322 Å². The molecule has 20 aliphatic rings. The van der Waals surface area contributed by atoms with Gasteiger partial charge in [-0.05, 0) is 399 Å². The summed E-state index contributed by atoms with van der Waals surface area (Å²) in [5.41, 5.74) is 1.27. The summed E-state index contributed by atoms with van der Waals surface area (Å²) in [6.07, 6.45) is 79.7. The lowest BCUT2D eigenvalue weighted by atomic mass is 9.82. The monoisotopic (exact) mass is 2030 g/mol. The number of aliphatic hydroxyl groups excluding tert-OH is 1. The predicted molar refractivity (Wildman–Crippen MR) is 623 cm³/mol. The number of hydrogen-bond acceptors (Lipinski definition) is 7. The van der Waals surface area contributed by atoms with Crippen molar-refractivity contribution in [3.8, 4) is 11.5 Å². The van der Waals surface area contributed by atoms with Crippen LogP contribution in [-0.4, -0.2) is 83.6 Å². The van der Waals surface area contributed by atoms with E-state index < -0.39 is 33.3 Å². The zero-order valence-corrected chi connectivity index (χ0v) is 95.1. The summed E-state index contributed by atoms with van der Waals surface area (Å²) in [5, 5.41) is 27.1. The van der Waals surface area contributed by atoms with E-state index in [1.807, 2.05) is 12.1 Å². The van der Waals surface area contributed by atoms with Crippen molar-refractivity contribution in [1.82, 2.24) is 0 Å². The van der Waals surface area contributed by atoms with Gasteiger partial charge in [-0.1, -0.05) is 377 Å². The third-order valence-corrected chi connectivity index (χ3v) is 53.9. The van der Waals surface area contributed by atoms with Crippen LogP contribution < -0.4 is 35.9 Å². The fourth-order valence-corrected chi connectivity index (χ4v) is 41.2. The van der Waals surface area contributed by atoms with E-state index in [0.29, 0.717) is 36.0 Å². The molecule has 10 saturated carbocycles. The molecule has 10 fully saturated rings. The summed E-state index contributed by atoms with van der Waals surface area (Å²) in [7, 11) is -6.08. The second kappa shape index (κ2) is 50.6. The summed E-state index contributed by atoms with van der Waals surface area (Å²) < 4.78 is 31.6. The number of phenolic OH excluding ortho intramolecular Hbond substituents is 1. The number of aromatic hydroxyl groups is 1. The molecule has 20 bridgehead atoms. The third kappa shape index (κ3) is 26.6. The van der Waals surface area contributed by atoms with E-state index in [9.17, 15) is 5.11 Å². The Balaban J connectivity index is 0.000000109. The van der Waals surface area contributed by atoms with E-state index in [1.165, 1.54) is 178 Å². The van der Waals surface area contributed by atoms with Gasteiger partial charge in [0.1, 0.15) is 0 Å². The molecule has 0 aliphatic heterocycles. The van der Waals surface area contributed by atoms with Gasteiger partial charge in [-0.15, -0.1) is 0 Å². The Morgan fingerprint density at radius 3 is 0.904 bits per heavy atom. The largest absolute Gasteiger partial charge is 0.504 e. The fourth-order valence-electron chi connectivity index (χ4n) is 30.6. The number of ether oxygens (including phenoxy) is 1. The number of benzene rings is 7. The summed E-state index contributed by atoms with van der Waals surface area (Å²) in [5.74, 6) is 27.2. The van der Waals surface area contributed by atoms with E-state index >= 15 is 0 Å². The smallest absolute Gasteiger partial charge is 0.255 e. The first kappa shape index (κ1) is 108. The average molecular weight is 2030 g/mol. The van der Waals surface area contributed by atoms with Crippen LogP contribution in [0.2, 0.25) is 38.3 Å². The highest BCUT2D eigenvalue weighted by Crippen LogP contribution is 2.53. The highest BCUT2D eigenvalue weighted by molar-refractivity contribution is 6.97. The Kier molecular flexibility index (Phi) is 37.5. The van der Waals surface area contributed by atoms with Gasteiger partial charge in [-0.3, -0.25) is 0 Å². The van der Waals surface area contributed by atoms with Gasteiger partial charge in [0.2, 0.25) is 16.6 Å². The van der Waals surface area contributed by atoms with E-state index in [-0.39, 0.29) is 5.75 Å². The van der Waals surface area contributed by atoms with Crippen LogP contribution >= 0.6 is 0 Å². The molecule has 0 radical (unpaired) electrons. The van der Waals surface area contributed by atoms with Crippen LogP contribution in [0.25, 0.3) is 0 Å². The van der Waals surface area contributed by atoms with Crippen molar-refractivity contribution in [2.75, 3.05) is 40.1 Å². The van der Waals surface area contributed by atoms with Crippen molar-refractivity contribution >= 4 is 64.4 Å². The lowest BCUT2D eigenvalue weighted by molar-refractivity contribution is 0.161. The molecular weight excluding hydrogens is 1850 g/mol. The number of aliphatic hydroxyl groups is 1. The van der Waals surface area contributed by atoms with Crippen molar-refractivity contribution in [1.29, 1.82) is 0 Å². The van der Waals surface area contributed by atoms with Crippen LogP contribution in [0.5, 0.6) is 11.5 Å². The molecule has 20 aliphatic carbocycles. The van der Waals surface area contributed by atoms with Crippen LogP contribution in [0.3, 0.4) is 0 Å². The normalized spacial score (nSPS) is 34.4. The van der Waals surface area contributed by atoms with Gasteiger partial charge in [-0.2, -0.15) is 0 Å². The number of fused-ring (bicyclic) bond motifs is 20. The first-order valence-corrected chi connectivity index (χ1v) is 68.8. The summed E-state index contributed by atoms with van der Waals surface area (Å²) >= 11 is 0. The minimum atomic E-state index is -2.14. The maximum Gasteiger partial charge on any atom is 0.255 e. The lowest BCUT2D eigenvalue weighted by Crippen LogP contribution is -2.60. The average Bonchev–Trinajstić information content (AvgIpc) is 1.51. The van der Waals surface area contributed by atoms with Gasteiger partial charge in [0.05, 0.1) is 7.11 Å². The lowest BCUT2D eigenvalue weighted by Gasteiger charge is -2.33. The van der Waals surface area contributed by atoms with Crippen LogP contribution in [-0.2, 0) is 24.1 Å². The predicted octanol–water partition coefficient (Wildman–Crippen LogP) is 29.3. The van der Waals surface area contributed by atoms with Gasteiger partial charge < -0.3 is 32.7 Å². The molecule has 32 atom stereocenters. The molecule has 7 aromatic carbocycles. The summed E-state index contributed by atoms with van der Waals surface area (Å²) in [6.45, 7) is 29.7. The SMILES string of the molecule is CC1CC2C=CC1C2.CC1CC2C=CC1C2.CC1CC2C=CC1C2.CCCC1CC2C=CC1C2.CC[C@H]1C2C=CC(C2)[C@H]1CO.CC[Si](C)(OCC1CC2C=CC1C2)c1ccccc1.CC[Si](OCC1CC2C=CC1C2)(c1ccccc1)c1ccccc1.COc1cc(CC2CC3C=CC2C3)ccc1O.C[Si](C)(OCC1CC2C=CC1C2)c1ccccc1.C[Si](OCC1CC2C=CC1C2)(c1ccccc1)c1ccccc1. The number of allylic oxidation sites excluding steroid dienone is 20. The quantitative estimate of drug-likeness (QED) is 0.0392. The van der Waals surface area contributed by atoms with Gasteiger partial charge >= 0.3 is 0 Å². The molecule has 780 valence electrons. The first-order chi connectivity index (χ1) is 71.0. The molecule has 0 aromatic heterocycles. The fraction of sp³-hybridized carbons (Fsp3) is 0.541. The van der Waals surface area contributed by atoms with Crippen LogP contribution in [0.4, 0.5) is 0 Å². The van der Waals surface area contributed by atoms with Crippen LogP contribution in [0, 0.1) is 183 Å². The number of methoxy groups -OCH3 is 1. The Hall–Kier alpha value is -7.79. The van der Waals surface area contributed by atoms with Gasteiger partial charge in [0.15, 0.2) is 11.5 Å². The number of hydrogen-bond donors (Lipinski definition) is 2. The molecule has 7 nitrogen and oxygen atoms in total. The standard InChI is InChI=1S/C22H26OSi.C21H24OSi.C17H24OSi.C16H22OSi.C15H18O2.C10H16O.C10H16.3C8H12/c1-2-24(21-9-5-3-6-10-21,22-11-7-4-8-12-22)23-17-20-16-18-13-14-19(20)15-18;1-23(20-8-4-2-5-9-20,21-10-6-3-7-11-21)22-16-19-15-17-12-13-18(19)14-17;1-3-19(2,17-7-5-4-6-8-17)18-13-16-12-14-9-10-15(16)11-14;1-18(2,16-6-4-3-5-7-16)17-12-15-11-13-8-9-14(15)10-13;1-17-15-9-11(3-5-14(15)16)8-13-7-10-2-4-12(13)6-10;1-2-9-7-3-4-8(5-7)10(9)6-11;1-2-3-9-6-8-4-5-10(9)7-8;3*1-6-4-7-2-3-8(6)5-7/h3-14,18-20H,2,15-17H2,1H3;2-13,17-19H,14-16H2,1H3;4-10,14-16H,3,11-13H2,1-2H3;3-9,13-15H,10-12H2,1-2H3;2-5,9-10,12-13,16H,6-8H2,1H3;3-4,7-11H,2,5-6H2,1H3;4-5,8-10H,2-3,6-7H2,1H3;3*2-3,6-8H,4-5H2,1H3/t;;;;;7?,8?,9-,10+;;;;/m.....0..../s1. The van der Waals surface area contributed by atoms with Gasteiger partial charge in [0, 0.05) is 33.0 Å². The molecule has 2 N–H and O–H groups in total. The Morgan fingerprint density at radius 1 is 0.288 bits per heavy atom. The van der Waals surface area contributed by atoms with Crippen molar-refractivity contribution in [2.24, 2.45) is 183 Å². The third-order valence-electron chi connectivity index (χ3n) is 39.8. The molecule has 11 heteroatoms. The number of phenols is 1. The van der Waals surface area contributed by atoms with Crippen molar-refractivity contribution in [2.45, 2.75) is 234 Å².